The number of rotatable bonds is 1. The Morgan fingerprint density at radius 1 is 1.24 bits per heavy atom. The number of aliphatic hydroxyl groups is 1. The minimum atomic E-state index is -0.605. The first kappa shape index (κ1) is 13.6. The van der Waals surface area contributed by atoms with Gasteiger partial charge in [0.05, 0.1) is 11.7 Å². The summed E-state index contributed by atoms with van der Waals surface area (Å²) < 4.78 is 13.0. The fraction of sp³-hybridized carbons (Fsp3) is 0.188. The third kappa shape index (κ3) is 2.36. The summed E-state index contributed by atoms with van der Waals surface area (Å²) in [6.45, 7) is 0.341. The quantitative estimate of drug-likeness (QED) is 0.847. The first-order valence-corrected chi connectivity index (χ1v) is 6.65. The molecule has 0 saturated heterocycles. The van der Waals surface area contributed by atoms with Gasteiger partial charge in [0.25, 0.3) is 5.91 Å². The van der Waals surface area contributed by atoms with Crippen molar-refractivity contribution in [3.8, 4) is 5.75 Å². The van der Waals surface area contributed by atoms with E-state index in [0.717, 1.165) is 12.1 Å². The van der Waals surface area contributed by atoms with Crippen LogP contribution >= 0.6 is 0 Å². The Balaban J connectivity index is 2.01. The van der Waals surface area contributed by atoms with Crippen molar-refractivity contribution in [1.82, 2.24) is 0 Å². The number of hydrogen-bond acceptors (Lipinski definition) is 3. The monoisotopic (exact) mass is 287 g/mol. The number of aromatic hydroxyl groups is 1. The molecule has 0 aliphatic carbocycles. The first-order chi connectivity index (χ1) is 10.1. The van der Waals surface area contributed by atoms with Crippen LogP contribution in [-0.2, 0) is 0 Å². The zero-order valence-electron chi connectivity index (χ0n) is 11.2. The van der Waals surface area contributed by atoms with Crippen LogP contribution in [0.4, 0.5) is 10.1 Å². The maximum absolute atomic E-state index is 13.0. The number of hydrogen-bond donors (Lipinski definition) is 2. The number of carbonyl (C=O) groups is 1. The van der Waals surface area contributed by atoms with Gasteiger partial charge in [0, 0.05) is 23.9 Å². The summed E-state index contributed by atoms with van der Waals surface area (Å²) >= 11 is 0. The van der Waals surface area contributed by atoms with E-state index in [9.17, 15) is 19.4 Å². The number of anilines is 1. The summed E-state index contributed by atoms with van der Waals surface area (Å²) in [6.07, 6.45) is -0.183. The smallest absolute Gasteiger partial charge is 0.262 e. The maximum atomic E-state index is 13.0. The average Bonchev–Trinajstić information content (AvgIpc) is 2.47. The van der Waals surface area contributed by atoms with Crippen molar-refractivity contribution in [3.63, 3.8) is 0 Å². The van der Waals surface area contributed by atoms with Crippen molar-refractivity contribution < 1.29 is 19.4 Å². The number of amides is 1. The molecule has 0 spiro atoms. The molecule has 1 unspecified atom stereocenters. The zero-order chi connectivity index (χ0) is 15.0. The molecule has 2 aromatic carbocycles. The van der Waals surface area contributed by atoms with Crippen LogP contribution in [0.1, 0.15) is 28.4 Å². The molecule has 0 radical (unpaired) electrons. The van der Waals surface area contributed by atoms with Crippen molar-refractivity contribution in [2.24, 2.45) is 0 Å². The van der Waals surface area contributed by atoms with Gasteiger partial charge >= 0.3 is 0 Å². The van der Waals surface area contributed by atoms with E-state index >= 15 is 0 Å². The highest BCUT2D eigenvalue weighted by molar-refractivity contribution is 6.08. The summed E-state index contributed by atoms with van der Waals surface area (Å²) in [4.78, 5) is 14.1. The standard InChI is InChI=1S/C16H14FNO3/c17-10-5-6-12(15(20)9-10)16(21)18-8-7-14(19)11-3-1-2-4-13(11)18/h1-6,9,14,19-20H,7-8H2. The second-order valence-corrected chi connectivity index (χ2v) is 4.98. The van der Waals surface area contributed by atoms with Crippen LogP contribution in [0, 0.1) is 5.82 Å². The Hall–Kier alpha value is -2.40. The molecule has 1 amide bonds. The minimum absolute atomic E-state index is 0.0441. The van der Waals surface area contributed by atoms with E-state index < -0.39 is 17.8 Å². The van der Waals surface area contributed by atoms with Crippen molar-refractivity contribution in [1.29, 1.82) is 0 Å². The molecule has 108 valence electrons. The lowest BCUT2D eigenvalue weighted by atomic mass is 9.98. The number of phenolic OH excluding ortho intramolecular Hbond substituents is 1. The van der Waals surface area contributed by atoms with Gasteiger partial charge in [-0.05, 0) is 24.6 Å². The van der Waals surface area contributed by atoms with Gasteiger partial charge in [-0.15, -0.1) is 0 Å². The van der Waals surface area contributed by atoms with Crippen LogP contribution in [0.25, 0.3) is 0 Å². The lowest BCUT2D eigenvalue weighted by Crippen LogP contribution is -2.36. The van der Waals surface area contributed by atoms with Gasteiger partial charge in [-0.1, -0.05) is 18.2 Å². The van der Waals surface area contributed by atoms with E-state index in [4.69, 9.17) is 0 Å². The molecule has 4 nitrogen and oxygen atoms in total. The highest BCUT2D eigenvalue weighted by Crippen LogP contribution is 2.35. The number of para-hydroxylation sites is 1. The molecule has 1 atom stereocenters. The molecular formula is C16H14FNO3. The second-order valence-electron chi connectivity index (χ2n) is 4.98. The Kier molecular flexibility index (Phi) is 3.35. The fourth-order valence-electron chi connectivity index (χ4n) is 2.58. The predicted octanol–water partition coefficient (Wildman–Crippen LogP) is 2.62. The minimum Gasteiger partial charge on any atom is -0.507 e. The number of nitrogens with zero attached hydrogens (tertiary/aromatic N) is 1. The molecule has 0 bridgehead atoms. The Labute approximate surface area is 121 Å². The molecule has 1 heterocycles. The molecule has 0 fully saturated rings. The number of fused-ring (bicyclic) bond motifs is 1. The predicted molar refractivity (Wildman–Crippen MR) is 75.8 cm³/mol. The summed E-state index contributed by atoms with van der Waals surface area (Å²) in [5.74, 6) is -1.39. The average molecular weight is 287 g/mol. The van der Waals surface area contributed by atoms with Crippen LogP contribution < -0.4 is 4.90 Å². The molecule has 21 heavy (non-hydrogen) atoms. The van der Waals surface area contributed by atoms with Crippen LogP contribution in [0.3, 0.4) is 0 Å². The number of aliphatic hydroxyl groups excluding tert-OH is 1. The van der Waals surface area contributed by atoms with Gasteiger partial charge in [0.1, 0.15) is 11.6 Å². The number of phenols is 1. The molecule has 2 N–H and O–H groups in total. The molecule has 0 aromatic heterocycles. The van der Waals surface area contributed by atoms with E-state index in [1.54, 1.807) is 24.3 Å². The van der Waals surface area contributed by atoms with E-state index in [1.807, 2.05) is 0 Å². The highest BCUT2D eigenvalue weighted by atomic mass is 19.1. The maximum Gasteiger partial charge on any atom is 0.262 e. The van der Waals surface area contributed by atoms with Crippen molar-refractivity contribution in [2.45, 2.75) is 12.5 Å². The summed E-state index contributed by atoms with van der Waals surface area (Å²) in [5.41, 5.74) is 1.34. The highest BCUT2D eigenvalue weighted by Gasteiger charge is 2.29. The van der Waals surface area contributed by atoms with E-state index in [-0.39, 0.29) is 11.3 Å². The van der Waals surface area contributed by atoms with Gasteiger partial charge in [0.2, 0.25) is 0 Å². The van der Waals surface area contributed by atoms with Gasteiger partial charge < -0.3 is 15.1 Å². The van der Waals surface area contributed by atoms with Crippen molar-refractivity contribution in [3.05, 3.63) is 59.4 Å². The van der Waals surface area contributed by atoms with Crippen LogP contribution in [0.15, 0.2) is 42.5 Å². The van der Waals surface area contributed by atoms with Crippen LogP contribution in [-0.4, -0.2) is 22.7 Å². The molecule has 0 saturated carbocycles. The summed E-state index contributed by atoms with van der Waals surface area (Å²) in [5, 5.41) is 19.7. The van der Waals surface area contributed by atoms with Gasteiger partial charge in [-0.2, -0.15) is 0 Å². The Morgan fingerprint density at radius 3 is 2.76 bits per heavy atom. The lowest BCUT2D eigenvalue weighted by molar-refractivity contribution is 0.0968. The first-order valence-electron chi connectivity index (χ1n) is 6.65. The Bertz CT molecular complexity index is 702. The van der Waals surface area contributed by atoms with Gasteiger partial charge in [-0.3, -0.25) is 4.79 Å². The number of benzene rings is 2. The second kappa shape index (κ2) is 5.18. The normalized spacial score (nSPS) is 17.4. The lowest BCUT2D eigenvalue weighted by Gasteiger charge is -2.32. The Morgan fingerprint density at radius 2 is 2.00 bits per heavy atom. The van der Waals surface area contributed by atoms with Crippen molar-refractivity contribution in [2.75, 3.05) is 11.4 Å². The SMILES string of the molecule is O=C(c1ccc(F)cc1O)N1CCC(O)c2ccccc21. The third-order valence-corrected chi connectivity index (χ3v) is 3.65. The largest absolute Gasteiger partial charge is 0.507 e. The third-order valence-electron chi connectivity index (χ3n) is 3.65. The van der Waals surface area contributed by atoms with Gasteiger partial charge in [0.15, 0.2) is 0 Å². The van der Waals surface area contributed by atoms with Crippen LogP contribution in [0.2, 0.25) is 0 Å². The van der Waals surface area contributed by atoms with Crippen LogP contribution in [0.5, 0.6) is 5.75 Å². The van der Waals surface area contributed by atoms with Gasteiger partial charge in [-0.25, -0.2) is 4.39 Å². The number of halogens is 1. The van der Waals surface area contributed by atoms with E-state index in [0.29, 0.717) is 24.2 Å². The molecule has 3 rings (SSSR count). The number of carbonyl (C=O) groups excluding carboxylic acids is 1. The fourth-order valence-corrected chi connectivity index (χ4v) is 2.58. The molecule has 1 aliphatic rings. The van der Waals surface area contributed by atoms with Crippen molar-refractivity contribution >= 4 is 11.6 Å². The summed E-state index contributed by atoms with van der Waals surface area (Å²) in [6, 6.07) is 10.4. The van der Waals surface area contributed by atoms with E-state index in [1.165, 1.54) is 11.0 Å². The molecular weight excluding hydrogens is 273 g/mol. The topological polar surface area (TPSA) is 60.8 Å². The zero-order valence-corrected chi connectivity index (χ0v) is 11.2. The molecule has 2 aromatic rings. The van der Waals surface area contributed by atoms with E-state index in [2.05, 4.69) is 0 Å². The summed E-state index contributed by atoms with van der Waals surface area (Å²) in [7, 11) is 0. The molecule has 5 heteroatoms. The molecule has 1 aliphatic heterocycles.